The van der Waals surface area contributed by atoms with E-state index in [0.29, 0.717) is 13.1 Å². The van der Waals surface area contributed by atoms with Crippen LogP contribution in [-0.4, -0.2) is 23.9 Å². The molecule has 1 rings (SSSR count). The third-order valence-corrected chi connectivity index (χ3v) is 4.39. The maximum atomic E-state index is 12.8. The van der Waals surface area contributed by atoms with Crippen molar-refractivity contribution in [2.75, 3.05) is 13.1 Å². The zero-order valence-electron chi connectivity index (χ0n) is 15.4. The SMILES string of the molecule is CCCCCCCCCCN(CC)C(=O)c1cccc(C(F)(F)F)c1. The van der Waals surface area contributed by atoms with Gasteiger partial charge in [0.25, 0.3) is 5.91 Å². The van der Waals surface area contributed by atoms with E-state index in [1.165, 1.54) is 44.2 Å². The maximum absolute atomic E-state index is 12.8. The van der Waals surface area contributed by atoms with E-state index in [1.807, 2.05) is 6.92 Å². The zero-order chi connectivity index (χ0) is 18.7. The number of unbranched alkanes of at least 4 members (excludes halogenated alkanes) is 7. The average Bonchev–Trinajstić information content (AvgIpc) is 2.59. The first kappa shape index (κ1) is 21.5. The Morgan fingerprint density at radius 2 is 1.56 bits per heavy atom. The number of benzene rings is 1. The predicted molar refractivity (Wildman–Crippen MR) is 95.6 cm³/mol. The van der Waals surface area contributed by atoms with Crippen molar-refractivity contribution in [2.45, 2.75) is 71.4 Å². The van der Waals surface area contributed by atoms with Crippen LogP contribution in [0.15, 0.2) is 24.3 Å². The van der Waals surface area contributed by atoms with Gasteiger partial charge in [0.15, 0.2) is 0 Å². The van der Waals surface area contributed by atoms with Gasteiger partial charge in [-0.2, -0.15) is 13.2 Å². The molecule has 0 aliphatic heterocycles. The lowest BCUT2D eigenvalue weighted by atomic mass is 10.1. The second-order valence-corrected chi connectivity index (χ2v) is 6.44. The Labute approximate surface area is 149 Å². The highest BCUT2D eigenvalue weighted by atomic mass is 19.4. The molecule has 0 aliphatic carbocycles. The number of nitrogens with zero attached hydrogens (tertiary/aromatic N) is 1. The second-order valence-electron chi connectivity index (χ2n) is 6.44. The van der Waals surface area contributed by atoms with Gasteiger partial charge in [-0.05, 0) is 31.5 Å². The Hall–Kier alpha value is -1.52. The molecular weight excluding hydrogens is 327 g/mol. The van der Waals surface area contributed by atoms with Gasteiger partial charge < -0.3 is 4.90 Å². The Morgan fingerprint density at radius 1 is 0.960 bits per heavy atom. The van der Waals surface area contributed by atoms with Crippen molar-refractivity contribution in [3.63, 3.8) is 0 Å². The van der Waals surface area contributed by atoms with E-state index in [-0.39, 0.29) is 11.5 Å². The Balaban J connectivity index is 2.45. The first-order chi connectivity index (χ1) is 11.9. The Morgan fingerprint density at radius 3 is 2.12 bits per heavy atom. The fourth-order valence-corrected chi connectivity index (χ4v) is 2.85. The summed E-state index contributed by atoms with van der Waals surface area (Å²) in [4.78, 5) is 14.1. The van der Waals surface area contributed by atoms with E-state index >= 15 is 0 Å². The summed E-state index contributed by atoms with van der Waals surface area (Å²) >= 11 is 0. The zero-order valence-corrected chi connectivity index (χ0v) is 15.4. The van der Waals surface area contributed by atoms with E-state index in [4.69, 9.17) is 0 Å². The van der Waals surface area contributed by atoms with E-state index < -0.39 is 11.7 Å². The van der Waals surface area contributed by atoms with Crippen LogP contribution in [-0.2, 0) is 6.18 Å². The molecule has 0 heterocycles. The first-order valence-corrected chi connectivity index (χ1v) is 9.36. The molecule has 5 heteroatoms. The second kappa shape index (κ2) is 11.2. The number of rotatable bonds is 11. The minimum atomic E-state index is -4.43. The number of hydrogen-bond donors (Lipinski definition) is 0. The normalized spacial score (nSPS) is 11.6. The minimum Gasteiger partial charge on any atom is -0.339 e. The van der Waals surface area contributed by atoms with Crippen LogP contribution in [0.25, 0.3) is 0 Å². The molecule has 2 nitrogen and oxygen atoms in total. The van der Waals surface area contributed by atoms with E-state index in [2.05, 4.69) is 6.92 Å². The number of alkyl halides is 3. The summed E-state index contributed by atoms with van der Waals surface area (Å²) in [6.07, 6.45) is 4.96. The number of halogens is 3. The predicted octanol–water partition coefficient (Wildman–Crippen LogP) is 6.31. The number of carbonyl (C=O) groups excluding carboxylic acids is 1. The van der Waals surface area contributed by atoms with Crippen molar-refractivity contribution >= 4 is 5.91 Å². The monoisotopic (exact) mass is 357 g/mol. The summed E-state index contributed by atoms with van der Waals surface area (Å²) in [5.74, 6) is -0.323. The van der Waals surface area contributed by atoms with E-state index in [1.54, 1.807) is 4.90 Å². The van der Waals surface area contributed by atoms with Crippen molar-refractivity contribution in [3.05, 3.63) is 35.4 Å². The van der Waals surface area contributed by atoms with E-state index in [9.17, 15) is 18.0 Å². The maximum Gasteiger partial charge on any atom is 0.416 e. The average molecular weight is 357 g/mol. The highest BCUT2D eigenvalue weighted by Gasteiger charge is 2.31. The van der Waals surface area contributed by atoms with Crippen LogP contribution in [0, 0.1) is 0 Å². The Kier molecular flexibility index (Phi) is 9.61. The molecule has 1 amide bonds. The van der Waals surface area contributed by atoms with Gasteiger partial charge in [0, 0.05) is 18.7 Å². The van der Waals surface area contributed by atoms with Crippen molar-refractivity contribution < 1.29 is 18.0 Å². The molecule has 0 N–H and O–H groups in total. The lowest BCUT2D eigenvalue weighted by Crippen LogP contribution is -2.32. The van der Waals surface area contributed by atoms with Gasteiger partial charge in [0.1, 0.15) is 0 Å². The largest absolute Gasteiger partial charge is 0.416 e. The van der Waals surface area contributed by atoms with Gasteiger partial charge in [-0.15, -0.1) is 0 Å². The van der Waals surface area contributed by atoms with Gasteiger partial charge >= 0.3 is 6.18 Å². The van der Waals surface area contributed by atoms with Crippen LogP contribution < -0.4 is 0 Å². The summed E-state index contributed by atoms with van der Waals surface area (Å²) in [5.41, 5.74) is -0.669. The van der Waals surface area contributed by atoms with Gasteiger partial charge in [0.2, 0.25) is 0 Å². The van der Waals surface area contributed by atoms with Crippen LogP contribution in [0.2, 0.25) is 0 Å². The van der Waals surface area contributed by atoms with Crippen LogP contribution in [0.3, 0.4) is 0 Å². The number of carbonyl (C=O) groups is 1. The van der Waals surface area contributed by atoms with Crippen LogP contribution in [0.5, 0.6) is 0 Å². The number of amides is 1. The van der Waals surface area contributed by atoms with E-state index in [0.717, 1.165) is 31.4 Å². The third kappa shape index (κ3) is 7.93. The van der Waals surface area contributed by atoms with Gasteiger partial charge in [0.05, 0.1) is 5.56 Å². The summed E-state index contributed by atoms with van der Waals surface area (Å²) in [7, 11) is 0. The van der Waals surface area contributed by atoms with Crippen molar-refractivity contribution in [1.29, 1.82) is 0 Å². The fourth-order valence-electron chi connectivity index (χ4n) is 2.85. The van der Waals surface area contributed by atoms with Crippen LogP contribution >= 0.6 is 0 Å². The van der Waals surface area contributed by atoms with Crippen LogP contribution in [0.4, 0.5) is 13.2 Å². The molecule has 25 heavy (non-hydrogen) atoms. The van der Waals surface area contributed by atoms with Gasteiger partial charge in [-0.25, -0.2) is 0 Å². The molecule has 0 unspecified atom stereocenters. The van der Waals surface area contributed by atoms with Gasteiger partial charge in [-0.1, -0.05) is 57.9 Å². The minimum absolute atomic E-state index is 0.108. The van der Waals surface area contributed by atoms with Gasteiger partial charge in [-0.3, -0.25) is 4.79 Å². The molecule has 0 aromatic heterocycles. The van der Waals surface area contributed by atoms with Crippen molar-refractivity contribution in [2.24, 2.45) is 0 Å². The summed E-state index contributed by atoms with van der Waals surface area (Å²) in [5, 5.41) is 0. The molecule has 0 bridgehead atoms. The first-order valence-electron chi connectivity index (χ1n) is 9.36. The molecule has 1 aromatic rings. The van der Waals surface area contributed by atoms with Crippen LogP contribution in [0.1, 0.15) is 81.1 Å². The highest BCUT2D eigenvalue weighted by Crippen LogP contribution is 2.29. The van der Waals surface area contributed by atoms with Crippen molar-refractivity contribution in [1.82, 2.24) is 4.90 Å². The molecule has 1 aromatic carbocycles. The molecular formula is C20H30F3NO. The lowest BCUT2D eigenvalue weighted by Gasteiger charge is -2.21. The smallest absolute Gasteiger partial charge is 0.339 e. The standard InChI is InChI=1S/C20H30F3NO/c1-3-5-6-7-8-9-10-11-15-24(4-2)19(25)17-13-12-14-18(16-17)20(21,22)23/h12-14,16H,3-11,15H2,1-2H3. The molecule has 0 saturated heterocycles. The summed E-state index contributed by atoms with van der Waals surface area (Å²) < 4.78 is 38.4. The Bertz CT molecular complexity index is 514. The molecule has 0 radical (unpaired) electrons. The third-order valence-electron chi connectivity index (χ3n) is 4.39. The topological polar surface area (TPSA) is 20.3 Å². The molecule has 0 saturated carbocycles. The van der Waals surface area contributed by atoms with Crippen molar-refractivity contribution in [3.8, 4) is 0 Å². The summed E-state index contributed by atoms with van der Waals surface area (Å²) in [6.45, 7) is 5.16. The summed E-state index contributed by atoms with van der Waals surface area (Å²) in [6, 6.07) is 4.68. The highest BCUT2D eigenvalue weighted by molar-refractivity contribution is 5.94. The molecule has 0 aliphatic rings. The molecule has 0 fully saturated rings. The molecule has 0 atom stereocenters. The molecule has 142 valence electrons. The fraction of sp³-hybridized carbons (Fsp3) is 0.650. The quantitative estimate of drug-likeness (QED) is 0.425. The lowest BCUT2D eigenvalue weighted by molar-refractivity contribution is -0.137. The number of hydrogen-bond acceptors (Lipinski definition) is 1. The molecule has 0 spiro atoms.